The number of aliphatic hydroxyl groups excluding tert-OH is 1. The fraction of sp³-hybridized carbons (Fsp3) is 0.455. The van der Waals surface area contributed by atoms with Gasteiger partial charge in [-0.15, -0.1) is 6.58 Å². The molecule has 0 spiro atoms. The number of nitrogens with two attached hydrogens (primary N) is 1. The van der Waals surface area contributed by atoms with Crippen LogP contribution in [0.4, 0.5) is 0 Å². The molecule has 6 nitrogen and oxygen atoms in total. The second-order valence-electron chi connectivity index (χ2n) is 3.55. The molecule has 0 saturated heterocycles. The van der Waals surface area contributed by atoms with E-state index in [0.717, 1.165) is 0 Å². The molecule has 17 heavy (non-hydrogen) atoms. The average Bonchev–Trinajstić information content (AvgIpc) is 2.77. The van der Waals surface area contributed by atoms with Gasteiger partial charge in [0.15, 0.2) is 0 Å². The monoisotopic (exact) mass is 238 g/mol. The molecular formula is C11H18N4O2. The van der Waals surface area contributed by atoms with Gasteiger partial charge < -0.3 is 20.3 Å². The summed E-state index contributed by atoms with van der Waals surface area (Å²) in [6.07, 6.45) is 4.85. The molecule has 0 aliphatic carbocycles. The van der Waals surface area contributed by atoms with Crippen LogP contribution in [0, 0.1) is 0 Å². The zero-order chi connectivity index (χ0) is 12.7. The summed E-state index contributed by atoms with van der Waals surface area (Å²) in [6.45, 7) is 5.28. The van der Waals surface area contributed by atoms with Crippen LogP contribution in [0.5, 0.6) is 0 Å². The maximum absolute atomic E-state index is 12.0. The van der Waals surface area contributed by atoms with Gasteiger partial charge in [-0.3, -0.25) is 4.79 Å². The van der Waals surface area contributed by atoms with E-state index in [9.17, 15) is 4.79 Å². The molecule has 1 rings (SSSR count). The SMILES string of the molecule is C=CCN(CCO)C(=O)c1cn(CCN)cn1. The molecule has 0 aliphatic rings. The summed E-state index contributed by atoms with van der Waals surface area (Å²) in [7, 11) is 0. The van der Waals surface area contributed by atoms with Gasteiger partial charge in [0, 0.05) is 32.4 Å². The number of carbonyl (C=O) groups is 1. The van der Waals surface area contributed by atoms with E-state index in [0.29, 0.717) is 25.3 Å². The standard InChI is InChI=1S/C11H18N4O2/c1-2-4-15(6-7-16)11(17)10-8-14(5-3-12)9-13-10/h2,8-9,16H,1,3-7,12H2. The Balaban J connectivity index is 2.73. The number of nitrogens with zero attached hydrogens (tertiary/aromatic N) is 3. The first-order valence-electron chi connectivity index (χ1n) is 5.45. The van der Waals surface area contributed by atoms with Crippen molar-refractivity contribution in [1.29, 1.82) is 0 Å². The van der Waals surface area contributed by atoms with E-state index in [1.807, 2.05) is 0 Å². The fourth-order valence-electron chi connectivity index (χ4n) is 1.46. The van der Waals surface area contributed by atoms with Gasteiger partial charge in [0.25, 0.3) is 5.91 Å². The molecule has 1 aromatic heterocycles. The average molecular weight is 238 g/mol. The van der Waals surface area contributed by atoms with Crippen molar-refractivity contribution >= 4 is 5.91 Å². The molecular weight excluding hydrogens is 220 g/mol. The van der Waals surface area contributed by atoms with Gasteiger partial charge in [-0.2, -0.15) is 0 Å². The normalized spacial score (nSPS) is 10.2. The number of hydrogen-bond acceptors (Lipinski definition) is 4. The number of aromatic nitrogens is 2. The second-order valence-corrected chi connectivity index (χ2v) is 3.55. The topological polar surface area (TPSA) is 84.4 Å². The molecule has 0 fully saturated rings. The van der Waals surface area contributed by atoms with Gasteiger partial charge in [0.05, 0.1) is 12.9 Å². The van der Waals surface area contributed by atoms with Gasteiger partial charge >= 0.3 is 0 Å². The molecule has 0 aromatic carbocycles. The maximum atomic E-state index is 12.0. The number of carbonyl (C=O) groups excluding carboxylic acids is 1. The van der Waals surface area contributed by atoms with Crippen LogP contribution >= 0.6 is 0 Å². The summed E-state index contributed by atoms with van der Waals surface area (Å²) < 4.78 is 1.76. The van der Waals surface area contributed by atoms with E-state index >= 15 is 0 Å². The van der Waals surface area contributed by atoms with Crippen molar-refractivity contribution in [2.24, 2.45) is 5.73 Å². The van der Waals surface area contributed by atoms with Gasteiger partial charge in [-0.05, 0) is 0 Å². The number of amides is 1. The largest absolute Gasteiger partial charge is 0.395 e. The zero-order valence-electron chi connectivity index (χ0n) is 9.75. The lowest BCUT2D eigenvalue weighted by Crippen LogP contribution is -2.33. The third-order valence-corrected chi connectivity index (χ3v) is 2.25. The minimum absolute atomic E-state index is 0.0803. The van der Waals surface area contributed by atoms with Gasteiger partial charge in [-0.1, -0.05) is 6.08 Å². The van der Waals surface area contributed by atoms with Crippen molar-refractivity contribution in [1.82, 2.24) is 14.5 Å². The van der Waals surface area contributed by atoms with Crippen molar-refractivity contribution in [2.75, 3.05) is 26.2 Å². The molecule has 0 radical (unpaired) electrons. The van der Waals surface area contributed by atoms with Crippen LogP contribution in [0.2, 0.25) is 0 Å². The van der Waals surface area contributed by atoms with Gasteiger partial charge in [-0.25, -0.2) is 4.98 Å². The van der Waals surface area contributed by atoms with E-state index in [2.05, 4.69) is 11.6 Å². The number of rotatable bonds is 7. The second kappa shape index (κ2) is 6.82. The quantitative estimate of drug-likeness (QED) is 0.625. The molecule has 3 N–H and O–H groups in total. The Morgan fingerprint density at radius 3 is 3.06 bits per heavy atom. The van der Waals surface area contributed by atoms with Crippen LogP contribution in [0.1, 0.15) is 10.5 Å². The number of hydrogen-bond donors (Lipinski definition) is 2. The first-order valence-corrected chi connectivity index (χ1v) is 5.45. The molecule has 0 unspecified atom stereocenters. The van der Waals surface area contributed by atoms with Crippen LogP contribution in [-0.2, 0) is 6.54 Å². The van der Waals surface area contributed by atoms with Gasteiger partial charge in [0.2, 0.25) is 0 Å². The van der Waals surface area contributed by atoms with Crippen LogP contribution < -0.4 is 5.73 Å². The Labute approximate surface area is 100 Å². The first-order chi connectivity index (χ1) is 8.22. The van der Waals surface area contributed by atoms with Crippen LogP contribution in [0.25, 0.3) is 0 Å². The van der Waals surface area contributed by atoms with Gasteiger partial charge in [0.1, 0.15) is 5.69 Å². The maximum Gasteiger partial charge on any atom is 0.274 e. The minimum atomic E-state index is -0.213. The Morgan fingerprint density at radius 2 is 2.47 bits per heavy atom. The molecule has 0 aliphatic heterocycles. The zero-order valence-corrected chi connectivity index (χ0v) is 9.75. The summed E-state index contributed by atoms with van der Waals surface area (Å²) in [5, 5.41) is 8.88. The van der Waals surface area contributed by atoms with Crippen LogP contribution in [0.3, 0.4) is 0 Å². The highest BCUT2D eigenvalue weighted by Gasteiger charge is 2.16. The molecule has 0 atom stereocenters. The molecule has 94 valence electrons. The van der Waals surface area contributed by atoms with Crippen molar-refractivity contribution in [3.63, 3.8) is 0 Å². The lowest BCUT2D eigenvalue weighted by Gasteiger charge is -2.18. The Hall–Kier alpha value is -1.66. The predicted molar refractivity (Wildman–Crippen MR) is 64.5 cm³/mol. The molecule has 1 amide bonds. The summed E-state index contributed by atoms with van der Waals surface area (Å²) >= 11 is 0. The van der Waals surface area contributed by atoms with Crippen molar-refractivity contribution in [3.8, 4) is 0 Å². The summed E-state index contributed by atoms with van der Waals surface area (Å²) in [5.74, 6) is -0.213. The van der Waals surface area contributed by atoms with E-state index in [1.54, 1.807) is 23.2 Å². The lowest BCUT2D eigenvalue weighted by molar-refractivity contribution is 0.0737. The molecule has 0 saturated carbocycles. The van der Waals surface area contributed by atoms with Crippen LogP contribution in [-0.4, -0.2) is 51.7 Å². The highest BCUT2D eigenvalue weighted by molar-refractivity contribution is 5.92. The third-order valence-electron chi connectivity index (χ3n) is 2.25. The van der Waals surface area contributed by atoms with E-state index in [1.165, 1.54) is 4.90 Å². The summed E-state index contributed by atoms with van der Waals surface area (Å²) in [4.78, 5) is 17.5. The number of imidazole rings is 1. The van der Waals surface area contributed by atoms with E-state index < -0.39 is 0 Å². The first kappa shape index (κ1) is 13.4. The molecule has 1 aromatic rings. The summed E-state index contributed by atoms with van der Waals surface area (Å²) in [5.41, 5.74) is 5.77. The highest BCUT2D eigenvalue weighted by Crippen LogP contribution is 2.02. The fourth-order valence-corrected chi connectivity index (χ4v) is 1.46. The predicted octanol–water partition coefficient (Wildman–Crippen LogP) is -0.538. The van der Waals surface area contributed by atoms with E-state index in [-0.39, 0.29) is 19.1 Å². The number of aliphatic hydroxyl groups is 1. The Bertz CT molecular complexity index is 375. The van der Waals surface area contributed by atoms with E-state index in [4.69, 9.17) is 10.8 Å². The van der Waals surface area contributed by atoms with Crippen molar-refractivity contribution in [3.05, 3.63) is 30.9 Å². The highest BCUT2D eigenvalue weighted by atomic mass is 16.3. The van der Waals surface area contributed by atoms with Crippen molar-refractivity contribution in [2.45, 2.75) is 6.54 Å². The third kappa shape index (κ3) is 3.69. The van der Waals surface area contributed by atoms with Crippen LogP contribution in [0.15, 0.2) is 25.2 Å². The molecule has 0 bridgehead atoms. The summed E-state index contributed by atoms with van der Waals surface area (Å²) in [6, 6.07) is 0. The molecule has 6 heteroatoms. The Kier molecular flexibility index (Phi) is 5.38. The lowest BCUT2D eigenvalue weighted by atomic mass is 10.3. The smallest absolute Gasteiger partial charge is 0.274 e. The molecule has 1 heterocycles. The van der Waals surface area contributed by atoms with Crippen molar-refractivity contribution < 1.29 is 9.90 Å². The Morgan fingerprint density at radius 1 is 1.71 bits per heavy atom. The minimum Gasteiger partial charge on any atom is -0.395 e.